The maximum Gasteiger partial charge on any atom is 0.254 e. The van der Waals surface area contributed by atoms with Gasteiger partial charge in [0.2, 0.25) is 0 Å². The Morgan fingerprint density at radius 2 is 1.77 bits per heavy atom. The highest BCUT2D eigenvalue weighted by Crippen LogP contribution is 2.31. The molecule has 0 unspecified atom stereocenters. The Hall–Kier alpha value is -1.89. The first-order valence-corrected chi connectivity index (χ1v) is 9.64. The summed E-state index contributed by atoms with van der Waals surface area (Å²) in [5.41, 5.74) is 0.887. The highest BCUT2D eigenvalue weighted by Gasteiger charge is 2.24. The summed E-state index contributed by atoms with van der Waals surface area (Å²) in [5.74, 6) is -0.402. The molecule has 134 valence electrons. The van der Waals surface area contributed by atoms with Crippen LogP contribution in [0, 0.1) is 5.82 Å². The molecule has 0 atom stereocenters. The number of piperazine rings is 1. The zero-order chi connectivity index (χ0) is 18.3. The second-order valence-electron chi connectivity index (χ2n) is 6.02. The summed E-state index contributed by atoms with van der Waals surface area (Å²) >= 11 is 13.4. The minimum atomic E-state index is -0.309. The van der Waals surface area contributed by atoms with Crippen LogP contribution in [0.3, 0.4) is 0 Å². The number of hydrogen-bond acceptors (Lipinski definition) is 4. The molecular formula is C18H14Cl2FN3OS. The lowest BCUT2D eigenvalue weighted by Crippen LogP contribution is -2.48. The molecule has 0 N–H and O–H groups in total. The van der Waals surface area contributed by atoms with E-state index in [1.165, 1.54) is 17.4 Å². The normalized spacial score (nSPS) is 14.9. The van der Waals surface area contributed by atoms with Crippen LogP contribution in [0.4, 0.5) is 9.52 Å². The van der Waals surface area contributed by atoms with Crippen LogP contribution in [0.25, 0.3) is 10.2 Å². The smallest absolute Gasteiger partial charge is 0.254 e. The Morgan fingerprint density at radius 3 is 2.42 bits per heavy atom. The topological polar surface area (TPSA) is 36.4 Å². The first-order valence-electron chi connectivity index (χ1n) is 8.06. The number of aromatic nitrogens is 1. The highest BCUT2D eigenvalue weighted by atomic mass is 35.5. The van der Waals surface area contributed by atoms with Crippen LogP contribution < -0.4 is 4.90 Å². The average molecular weight is 410 g/mol. The SMILES string of the molecule is O=C(c1cc(Cl)cc(Cl)c1)N1CCN(c2nc3c(F)cccc3s2)CC1. The number of rotatable bonds is 2. The standard InChI is InChI=1S/C18H14Cl2FN3OS/c19-12-8-11(9-13(20)10-12)17(25)23-4-6-24(7-5-23)18-22-16-14(21)2-1-3-15(16)26-18/h1-3,8-10H,4-7H2. The lowest BCUT2D eigenvalue weighted by Gasteiger charge is -2.34. The van der Waals surface area contributed by atoms with Gasteiger partial charge >= 0.3 is 0 Å². The lowest BCUT2D eigenvalue weighted by atomic mass is 10.2. The van der Waals surface area contributed by atoms with Gasteiger partial charge in [-0.15, -0.1) is 0 Å². The average Bonchev–Trinajstić information content (AvgIpc) is 3.06. The van der Waals surface area contributed by atoms with Gasteiger partial charge in [0, 0.05) is 41.8 Å². The molecule has 0 aliphatic carbocycles. The molecule has 0 saturated carbocycles. The summed E-state index contributed by atoms with van der Waals surface area (Å²) in [6, 6.07) is 9.81. The van der Waals surface area contributed by atoms with E-state index in [-0.39, 0.29) is 11.7 Å². The second-order valence-corrected chi connectivity index (χ2v) is 7.90. The lowest BCUT2D eigenvalue weighted by molar-refractivity contribution is 0.0747. The molecule has 0 radical (unpaired) electrons. The fraction of sp³-hybridized carbons (Fsp3) is 0.222. The quantitative estimate of drug-likeness (QED) is 0.614. The number of carbonyl (C=O) groups excluding carboxylic acids is 1. The van der Waals surface area contributed by atoms with E-state index in [1.54, 1.807) is 29.2 Å². The van der Waals surface area contributed by atoms with Gasteiger partial charge in [-0.25, -0.2) is 9.37 Å². The van der Waals surface area contributed by atoms with E-state index in [4.69, 9.17) is 23.2 Å². The monoisotopic (exact) mass is 409 g/mol. The molecule has 2 aromatic carbocycles. The zero-order valence-electron chi connectivity index (χ0n) is 13.6. The van der Waals surface area contributed by atoms with Gasteiger partial charge in [-0.05, 0) is 30.3 Å². The van der Waals surface area contributed by atoms with Crippen molar-refractivity contribution in [3.8, 4) is 0 Å². The molecule has 0 spiro atoms. The Morgan fingerprint density at radius 1 is 1.08 bits per heavy atom. The first kappa shape index (κ1) is 17.5. The van der Waals surface area contributed by atoms with Crippen molar-refractivity contribution < 1.29 is 9.18 Å². The van der Waals surface area contributed by atoms with Gasteiger partial charge in [0.25, 0.3) is 5.91 Å². The maximum atomic E-state index is 13.8. The van der Waals surface area contributed by atoms with Gasteiger partial charge in [-0.3, -0.25) is 4.79 Å². The van der Waals surface area contributed by atoms with Crippen LogP contribution in [-0.4, -0.2) is 42.0 Å². The third-order valence-corrected chi connectivity index (χ3v) is 5.82. The molecule has 1 amide bonds. The van der Waals surface area contributed by atoms with Crippen molar-refractivity contribution in [1.82, 2.24) is 9.88 Å². The van der Waals surface area contributed by atoms with E-state index < -0.39 is 0 Å². The Kier molecular flexibility index (Phi) is 4.73. The van der Waals surface area contributed by atoms with E-state index in [9.17, 15) is 9.18 Å². The highest BCUT2D eigenvalue weighted by molar-refractivity contribution is 7.22. The van der Waals surface area contributed by atoms with Crippen LogP contribution in [0.5, 0.6) is 0 Å². The van der Waals surface area contributed by atoms with Gasteiger partial charge in [-0.1, -0.05) is 40.6 Å². The summed E-state index contributed by atoms with van der Waals surface area (Å²) in [7, 11) is 0. The van der Waals surface area contributed by atoms with E-state index in [0.29, 0.717) is 47.3 Å². The number of fused-ring (bicyclic) bond motifs is 1. The number of anilines is 1. The third kappa shape index (κ3) is 3.37. The van der Waals surface area contributed by atoms with Crippen LogP contribution >= 0.6 is 34.5 Å². The van der Waals surface area contributed by atoms with Gasteiger partial charge in [0.15, 0.2) is 5.13 Å². The van der Waals surface area contributed by atoms with Crippen LogP contribution in [0.1, 0.15) is 10.4 Å². The molecular weight excluding hydrogens is 396 g/mol. The molecule has 1 aliphatic heterocycles. The van der Waals surface area contributed by atoms with Crippen molar-refractivity contribution in [2.24, 2.45) is 0 Å². The molecule has 4 nitrogen and oxygen atoms in total. The van der Waals surface area contributed by atoms with Crippen molar-refractivity contribution in [3.05, 3.63) is 57.8 Å². The van der Waals surface area contributed by atoms with Crippen molar-refractivity contribution in [2.45, 2.75) is 0 Å². The minimum Gasteiger partial charge on any atom is -0.345 e. The predicted molar refractivity (Wildman–Crippen MR) is 104 cm³/mol. The van der Waals surface area contributed by atoms with Crippen molar-refractivity contribution >= 4 is 55.8 Å². The molecule has 2 heterocycles. The fourth-order valence-corrected chi connectivity index (χ4v) is 4.56. The Balaban J connectivity index is 1.48. The fourth-order valence-electron chi connectivity index (χ4n) is 3.00. The minimum absolute atomic E-state index is 0.0932. The van der Waals surface area contributed by atoms with E-state index >= 15 is 0 Å². The summed E-state index contributed by atoms with van der Waals surface area (Å²) in [4.78, 5) is 20.9. The molecule has 1 fully saturated rings. The van der Waals surface area contributed by atoms with Crippen molar-refractivity contribution in [1.29, 1.82) is 0 Å². The number of hydrogen-bond donors (Lipinski definition) is 0. The first-order chi connectivity index (χ1) is 12.5. The van der Waals surface area contributed by atoms with Gasteiger partial charge < -0.3 is 9.80 Å². The molecule has 0 bridgehead atoms. The molecule has 26 heavy (non-hydrogen) atoms. The summed E-state index contributed by atoms with van der Waals surface area (Å²) in [6.45, 7) is 2.39. The van der Waals surface area contributed by atoms with Crippen LogP contribution in [0.2, 0.25) is 10.0 Å². The summed E-state index contributed by atoms with van der Waals surface area (Å²) in [5, 5.41) is 1.66. The van der Waals surface area contributed by atoms with Crippen LogP contribution in [-0.2, 0) is 0 Å². The largest absolute Gasteiger partial charge is 0.345 e. The number of benzene rings is 2. The van der Waals surface area contributed by atoms with Gasteiger partial charge in [0.1, 0.15) is 11.3 Å². The van der Waals surface area contributed by atoms with Gasteiger partial charge in [-0.2, -0.15) is 0 Å². The van der Waals surface area contributed by atoms with E-state index in [2.05, 4.69) is 9.88 Å². The predicted octanol–water partition coefficient (Wildman–Crippen LogP) is 4.70. The van der Waals surface area contributed by atoms with E-state index in [0.717, 1.165) is 9.83 Å². The molecule has 3 aromatic rings. The molecule has 1 saturated heterocycles. The number of para-hydroxylation sites is 1. The number of thiazole rings is 1. The van der Waals surface area contributed by atoms with Gasteiger partial charge in [0.05, 0.1) is 4.70 Å². The molecule has 1 aromatic heterocycles. The summed E-state index contributed by atoms with van der Waals surface area (Å²) < 4.78 is 14.7. The molecule has 8 heteroatoms. The summed E-state index contributed by atoms with van der Waals surface area (Å²) in [6.07, 6.45) is 0. The number of carbonyl (C=O) groups is 1. The molecule has 4 rings (SSSR count). The van der Waals surface area contributed by atoms with Crippen molar-refractivity contribution in [3.63, 3.8) is 0 Å². The zero-order valence-corrected chi connectivity index (χ0v) is 15.9. The number of amides is 1. The van der Waals surface area contributed by atoms with E-state index in [1.807, 2.05) is 6.07 Å². The Bertz CT molecular complexity index is 965. The molecule has 1 aliphatic rings. The maximum absolute atomic E-state index is 13.8. The number of halogens is 3. The van der Waals surface area contributed by atoms with Crippen LogP contribution in [0.15, 0.2) is 36.4 Å². The third-order valence-electron chi connectivity index (χ3n) is 4.31. The Labute approximate surface area is 163 Å². The second kappa shape index (κ2) is 7.02. The number of nitrogens with zero attached hydrogens (tertiary/aromatic N) is 3. The van der Waals surface area contributed by atoms with Crippen molar-refractivity contribution in [2.75, 3.05) is 31.1 Å².